The molecule has 0 fully saturated rings. The van der Waals surface area contributed by atoms with Crippen molar-refractivity contribution in [2.45, 2.75) is 16.5 Å². The smallest absolute Gasteiger partial charge is 0.237 e. The Bertz CT molecular complexity index is 636. The van der Waals surface area contributed by atoms with Crippen LogP contribution in [0, 0.1) is 0 Å². The third-order valence-electron chi connectivity index (χ3n) is 2.75. The van der Waals surface area contributed by atoms with Crippen LogP contribution in [0.4, 0.5) is 10.8 Å². The number of carbonyl (C=O) groups excluding carboxylic acids is 1. The molecule has 0 aliphatic heterocycles. The van der Waals surface area contributed by atoms with Gasteiger partial charge in [-0.1, -0.05) is 34.7 Å². The van der Waals surface area contributed by atoms with Gasteiger partial charge in [-0.3, -0.25) is 4.79 Å². The standard InChI is InChI=1S/C14H17ClN4O2S2/c1-9(12(20)17-11-5-3-10(15)4-6-11)22-14-19-18-13(23-14)16-7-8-21-2/h3-6,9H,7-8H2,1-2H3,(H,16,18)(H,17,20)/t9-/m0/s1. The number of methoxy groups -OCH3 is 1. The minimum absolute atomic E-state index is 0.0959. The van der Waals surface area contributed by atoms with Crippen LogP contribution in [0.25, 0.3) is 0 Å². The molecule has 2 aromatic rings. The normalized spacial score (nSPS) is 12.0. The van der Waals surface area contributed by atoms with Gasteiger partial charge >= 0.3 is 0 Å². The molecule has 0 saturated heterocycles. The van der Waals surface area contributed by atoms with Crippen LogP contribution in [-0.2, 0) is 9.53 Å². The average molecular weight is 373 g/mol. The molecular weight excluding hydrogens is 356 g/mol. The largest absolute Gasteiger partial charge is 0.383 e. The van der Waals surface area contributed by atoms with E-state index in [1.807, 2.05) is 6.92 Å². The summed E-state index contributed by atoms with van der Waals surface area (Å²) in [7, 11) is 1.64. The molecule has 0 radical (unpaired) electrons. The van der Waals surface area contributed by atoms with E-state index >= 15 is 0 Å². The summed E-state index contributed by atoms with van der Waals surface area (Å²) in [5.74, 6) is -0.0959. The van der Waals surface area contributed by atoms with Gasteiger partial charge in [-0.2, -0.15) is 0 Å². The lowest BCUT2D eigenvalue weighted by Crippen LogP contribution is -2.22. The quantitative estimate of drug-likeness (QED) is 0.546. The van der Waals surface area contributed by atoms with Crippen molar-refractivity contribution in [2.24, 2.45) is 0 Å². The molecule has 1 amide bonds. The number of rotatable bonds is 8. The van der Waals surface area contributed by atoms with Crippen molar-refractivity contribution in [3.63, 3.8) is 0 Å². The van der Waals surface area contributed by atoms with E-state index in [1.165, 1.54) is 23.1 Å². The van der Waals surface area contributed by atoms with Gasteiger partial charge < -0.3 is 15.4 Å². The third-order valence-corrected chi connectivity index (χ3v) is 5.06. The fraction of sp³-hybridized carbons (Fsp3) is 0.357. The Balaban J connectivity index is 1.84. The molecule has 23 heavy (non-hydrogen) atoms. The maximum atomic E-state index is 12.2. The van der Waals surface area contributed by atoms with Crippen LogP contribution in [0.2, 0.25) is 5.02 Å². The van der Waals surface area contributed by atoms with Crippen molar-refractivity contribution >= 4 is 51.4 Å². The first-order chi connectivity index (χ1) is 11.1. The van der Waals surface area contributed by atoms with Crippen LogP contribution in [0.5, 0.6) is 0 Å². The number of hydrogen-bond donors (Lipinski definition) is 2. The van der Waals surface area contributed by atoms with Crippen molar-refractivity contribution < 1.29 is 9.53 Å². The highest BCUT2D eigenvalue weighted by Crippen LogP contribution is 2.29. The van der Waals surface area contributed by atoms with Crippen molar-refractivity contribution in [3.05, 3.63) is 29.3 Å². The summed E-state index contributed by atoms with van der Waals surface area (Å²) in [5.41, 5.74) is 0.714. The van der Waals surface area contributed by atoms with E-state index in [4.69, 9.17) is 16.3 Å². The molecule has 6 nitrogen and oxygen atoms in total. The first-order valence-electron chi connectivity index (χ1n) is 6.88. The van der Waals surface area contributed by atoms with Gasteiger partial charge in [0, 0.05) is 24.4 Å². The molecule has 0 aliphatic rings. The summed E-state index contributed by atoms with van der Waals surface area (Å²) in [6.45, 7) is 3.10. The molecule has 0 unspecified atom stereocenters. The molecule has 1 heterocycles. The second-order valence-electron chi connectivity index (χ2n) is 4.55. The molecule has 0 spiro atoms. The number of carbonyl (C=O) groups is 1. The lowest BCUT2D eigenvalue weighted by atomic mass is 10.3. The number of hydrogen-bond acceptors (Lipinski definition) is 7. The van der Waals surface area contributed by atoms with Gasteiger partial charge in [0.15, 0.2) is 4.34 Å². The molecule has 9 heteroatoms. The lowest BCUT2D eigenvalue weighted by molar-refractivity contribution is -0.115. The molecule has 124 valence electrons. The first kappa shape index (κ1) is 18.0. The molecule has 0 aliphatic carbocycles. The molecule has 0 saturated carbocycles. The van der Waals surface area contributed by atoms with Gasteiger partial charge in [-0.15, -0.1) is 10.2 Å². The highest BCUT2D eigenvalue weighted by molar-refractivity contribution is 8.02. The fourth-order valence-corrected chi connectivity index (χ4v) is 3.62. The van der Waals surface area contributed by atoms with E-state index < -0.39 is 0 Å². The van der Waals surface area contributed by atoms with Gasteiger partial charge in [0.1, 0.15) is 0 Å². The average Bonchev–Trinajstić information content (AvgIpc) is 2.97. The van der Waals surface area contributed by atoms with Gasteiger partial charge in [0.05, 0.1) is 11.9 Å². The van der Waals surface area contributed by atoms with E-state index in [1.54, 1.807) is 31.4 Å². The molecule has 1 aromatic carbocycles. The number of benzene rings is 1. The van der Waals surface area contributed by atoms with E-state index in [2.05, 4.69) is 20.8 Å². The maximum Gasteiger partial charge on any atom is 0.237 e. The minimum Gasteiger partial charge on any atom is -0.383 e. The van der Waals surface area contributed by atoms with E-state index in [0.717, 1.165) is 9.47 Å². The zero-order chi connectivity index (χ0) is 16.7. The highest BCUT2D eigenvalue weighted by Gasteiger charge is 2.17. The molecular formula is C14H17ClN4O2S2. The van der Waals surface area contributed by atoms with Crippen molar-refractivity contribution in [1.29, 1.82) is 0 Å². The molecule has 0 bridgehead atoms. The van der Waals surface area contributed by atoms with E-state index in [9.17, 15) is 4.79 Å². The number of nitrogens with zero attached hydrogens (tertiary/aromatic N) is 2. The van der Waals surface area contributed by atoms with Crippen molar-refractivity contribution in [1.82, 2.24) is 10.2 Å². The number of amides is 1. The minimum atomic E-state index is -0.287. The zero-order valence-electron chi connectivity index (χ0n) is 12.7. The predicted molar refractivity (Wildman–Crippen MR) is 95.7 cm³/mol. The summed E-state index contributed by atoms with van der Waals surface area (Å²) in [4.78, 5) is 12.2. The van der Waals surface area contributed by atoms with Gasteiger partial charge in [-0.05, 0) is 31.2 Å². The van der Waals surface area contributed by atoms with Crippen LogP contribution < -0.4 is 10.6 Å². The Labute approximate surface area is 148 Å². The Morgan fingerprint density at radius 1 is 1.39 bits per heavy atom. The second-order valence-corrected chi connectivity index (χ2v) is 7.55. The fourth-order valence-electron chi connectivity index (χ4n) is 1.57. The highest BCUT2D eigenvalue weighted by atomic mass is 35.5. The van der Waals surface area contributed by atoms with Crippen LogP contribution in [-0.4, -0.2) is 41.6 Å². The Kier molecular flexibility index (Phi) is 7.10. The lowest BCUT2D eigenvalue weighted by Gasteiger charge is -2.10. The van der Waals surface area contributed by atoms with Gasteiger partial charge in [-0.25, -0.2) is 0 Å². The van der Waals surface area contributed by atoms with Gasteiger partial charge in [0.2, 0.25) is 11.0 Å². The van der Waals surface area contributed by atoms with Crippen LogP contribution in [0.1, 0.15) is 6.92 Å². The summed E-state index contributed by atoms with van der Waals surface area (Å²) in [6.07, 6.45) is 0. The number of anilines is 2. The van der Waals surface area contributed by atoms with Gasteiger partial charge in [0.25, 0.3) is 0 Å². The van der Waals surface area contributed by atoms with Crippen LogP contribution >= 0.6 is 34.7 Å². The van der Waals surface area contributed by atoms with E-state index in [0.29, 0.717) is 23.9 Å². The molecule has 1 atom stereocenters. The van der Waals surface area contributed by atoms with Crippen LogP contribution in [0.3, 0.4) is 0 Å². The summed E-state index contributed by atoms with van der Waals surface area (Å²) in [5, 5.41) is 15.1. The number of aromatic nitrogens is 2. The number of ether oxygens (including phenoxy) is 1. The SMILES string of the molecule is COCCNc1nnc(S[C@@H](C)C(=O)Nc2ccc(Cl)cc2)s1. The zero-order valence-corrected chi connectivity index (χ0v) is 15.1. The predicted octanol–water partition coefficient (Wildman–Crippen LogP) is 3.37. The topological polar surface area (TPSA) is 76.1 Å². The number of nitrogens with one attached hydrogen (secondary N) is 2. The van der Waals surface area contributed by atoms with Crippen LogP contribution in [0.15, 0.2) is 28.6 Å². The third kappa shape index (κ3) is 5.98. The second kappa shape index (κ2) is 9.07. The first-order valence-corrected chi connectivity index (χ1v) is 8.95. The number of halogens is 1. The van der Waals surface area contributed by atoms with Crippen molar-refractivity contribution in [2.75, 3.05) is 30.9 Å². The Hall–Kier alpha value is -1.35. The van der Waals surface area contributed by atoms with Crippen molar-refractivity contribution in [3.8, 4) is 0 Å². The summed E-state index contributed by atoms with van der Waals surface area (Å²) >= 11 is 8.61. The summed E-state index contributed by atoms with van der Waals surface area (Å²) in [6, 6.07) is 7.00. The van der Waals surface area contributed by atoms with E-state index in [-0.39, 0.29) is 11.2 Å². The Morgan fingerprint density at radius 2 is 2.13 bits per heavy atom. The summed E-state index contributed by atoms with van der Waals surface area (Å²) < 4.78 is 5.70. The Morgan fingerprint density at radius 3 is 2.83 bits per heavy atom. The number of thioether (sulfide) groups is 1. The molecule has 2 N–H and O–H groups in total. The maximum absolute atomic E-state index is 12.2. The molecule has 2 rings (SSSR count). The monoisotopic (exact) mass is 372 g/mol. The molecule has 1 aromatic heterocycles.